The first-order chi connectivity index (χ1) is 21.5. The number of hydrogen-bond acceptors (Lipinski definition) is 10. The SMILES string of the molecule is CC1C(=O)NN=C2COc3cc(Br)c(OC4(C)CCC4)cc3N21.CC1C(=O)NN=C2COc3ccc(OC4(C)CCC4)cc3N21. The molecule has 2 aliphatic carbocycles. The Kier molecular flexibility index (Phi) is 7.33. The number of nitrogens with one attached hydrogen (secondary N) is 2. The van der Waals surface area contributed by atoms with Gasteiger partial charge in [-0.15, -0.1) is 0 Å². The third-order valence-electron chi connectivity index (χ3n) is 9.40. The number of fused-ring (bicyclic) bond motifs is 6. The van der Waals surface area contributed by atoms with Gasteiger partial charge < -0.3 is 28.7 Å². The van der Waals surface area contributed by atoms with Gasteiger partial charge >= 0.3 is 0 Å². The second-order valence-electron chi connectivity index (χ2n) is 12.9. The number of anilines is 2. The van der Waals surface area contributed by atoms with E-state index < -0.39 is 0 Å². The number of rotatable bonds is 4. The van der Waals surface area contributed by atoms with E-state index in [2.05, 4.69) is 50.8 Å². The molecule has 8 rings (SSSR count). The number of halogens is 1. The minimum atomic E-state index is -0.335. The Morgan fingerprint density at radius 2 is 1.33 bits per heavy atom. The van der Waals surface area contributed by atoms with Crippen LogP contribution in [-0.4, -0.2) is 60.0 Å². The Bertz CT molecular complexity index is 1620. The number of carbonyl (C=O) groups is 2. The Labute approximate surface area is 270 Å². The fourth-order valence-corrected chi connectivity index (χ4v) is 6.68. The highest BCUT2D eigenvalue weighted by molar-refractivity contribution is 9.10. The molecule has 6 aliphatic rings. The van der Waals surface area contributed by atoms with Gasteiger partial charge in [0.2, 0.25) is 0 Å². The molecule has 13 heteroatoms. The minimum Gasteiger partial charge on any atom is -0.488 e. The van der Waals surface area contributed by atoms with Crippen molar-refractivity contribution in [1.29, 1.82) is 0 Å². The summed E-state index contributed by atoms with van der Waals surface area (Å²) >= 11 is 3.56. The zero-order valence-corrected chi connectivity index (χ0v) is 27.4. The molecule has 0 spiro atoms. The molecule has 238 valence electrons. The van der Waals surface area contributed by atoms with E-state index in [1.807, 2.05) is 54.0 Å². The lowest BCUT2D eigenvalue weighted by molar-refractivity contribution is -0.123. The Hall–Kier alpha value is -4.00. The molecule has 2 atom stereocenters. The molecule has 2 unspecified atom stereocenters. The van der Waals surface area contributed by atoms with Crippen LogP contribution in [0.2, 0.25) is 0 Å². The van der Waals surface area contributed by atoms with Crippen LogP contribution in [0.15, 0.2) is 45.0 Å². The molecule has 12 nitrogen and oxygen atoms in total. The third kappa shape index (κ3) is 5.44. The summed E-state index contributed by atoms with van der Waals surface area (Å²) in [6, 6.07) is 8.98. The number of amidine groups is 2. The van der Waals surface area contributed by atoms with E-state index >= 15 is 0 Å². The average molecular weight is 682 g/mol. The van der Waals surface area contributed by atoms with Crippen molar-refractivity contribution in [3.8, 4) is 23.0 Å². The van der Waals surface area contributed by atoms with Gasteiger partial charge in [-0.25, -0.2) is 10.9 Å². The van der Waals surface area contributed by atoms with Crippen LogP contribution >= 0.6 is 15.9 Å². The lowest BCUT2D eigenvalue weighted by Gasteiger charge is -2.41. The largest absolute Gasteiger partial charge is 0.488 e. The van der Waals surface area contributed by atoms with Crippen LogP contribution in [0.3, 0.4) is 0 Å². The summed E-state index contributed by atoms with van der Waals surface area (Å²) in [4.78, 5) is 27.7. The standard InChI is InChI=1S/C16H18BrN3O3.C16H19N3O3/c1-9-15(21)19-18-14-8-22-13-6-10(17)12(7-11(13)20(9)14)23-16(2)4-3-5-16;1-10-15(20)18-17-14-9-21-13-5-4-11(8-12(13)19(10)14)22-16(2)6-3-7-16/h6-7,9H,3-5,8H2,1-2H3,(H,19,21);4-5,8,10H,3,6-7,9H2,1-2H3,(H,18,20). The van der Waals surface area contributed by atoms with Crippen LogP contribution in [0.25, 0.3) is 0 Å². The van der Waals surface area contributed by atoms with E-state index in [1.54, 1.807) is 0 Å². The molecule has 2 aromatic carbocycles. The first-order valence-corrected chi connectivity index (χ1v) is 16.2. The van der Waals surface area contributed by atoms with Gasteiger partial charge in [-0.3, -0.25) is 9.59 Å². The number of hydrogen-bond donors (Lipinski definition) is 2. The normalized spacial score (nSPS) is 24.7. The molecule has 2 amide bonds. The predicted molar refractivity (Wildman–Crippen MR) is 172 cm³/mol. The van der Waals surface area contributed by atoms with E-state index in [9.17, 15) is 9.59 Å². The summed E-state index contributed by atoms with van der Waals surface area (Å²) in [6.45, 7) is 8.67. The highest BCUT2D eigenvalue weighted by Crippen LogP contribution is 2.45. The third-order valence-corrected chi connectivity index (χ3v) is 10.0. The van der Waals surface area contributed by atoms with Gasteiger partial charge in [0.25, 0.3) is 11.8 Å². The second kappa shape index (κ2) is 11.1. The van der Waals surface area contributed by atoms with Gasteiger partial charge in [0, 0.05) is 18.2 Å². The van der Waals surface area contributed by atoms with Gasteiger partial charge in [-0.05, 0) is 94.3 Å². The number of nitrogens with zero attached hydrogens (tertiary/aromatic N) is 4. The first kappa shape index (κ1) is 29.7. The molecular weight excluding hydrogens is 644 g/mol. The van der Waals surface area contributed by atoms with Crippen molar-refractivity contribution >= 4 is 50.8 Å². The molecule has 45 heavy (non-hydrogen) atoms. The molecule has 0 radical (unpaired) electrons. The van der Waals surface area contributed by atoms with Gasteiger partial charge in [0.05, 0.1) is 15.8 Å². The number of ether oxygens (including phenoxy) is 4. The average Bonchev–Trinajstić information content (AvgIpc) is 2.99. The first-order valence-electron chi connectivity index (χ1n) is 15.5. The highest BCUT2D eigenvalue weighted by atomic mass is 79.9. The summed E-state index contributed by atoms with van der Waals surface area (Å²) in [5, 5.41) is 8.19. The van der Waals surface area contributed by atoms with Crippen LogP contribution in [-0.2, 0) is 9.59 Å². The molecule has 0 saturated heterocycles. The van der Waals surface area contributed by atoms with Crippen molar-refractivity contribution in [1.82, 2.24) is 10.9 Å². The Balaban J connectivity index is 0.000000145. The van der Waals surface area contributed by atoms with Gasteiger partial charge in [0.15, 0.2) is 11.7 Å². The molecule has 2 N–H and O–H groups in total. The van der Waals surface area contributed by atoms with Crippen molar-refractivity contribution in [2.24, 2.45) is 10.2 Å². The fraction of sp³-hybridized carbons (Fsp3) is 0.500. The monoisotopic (exact) mass is 680 g/mol. The van der Waals surface area contributed by atoms with Crippen LogP contribution in [0.5, 0.6) is 23.0 Å². The predicted octanol–water partition coefficient (Wildman–Crippen LogP) is 4.84. The Morgan fingerprint density at radius 3 is 1.89 bits per heavy atom. The molecule has 2 aromatic rings. The van der Waals surface area contributed by atoms with Crippen molar-refractivity contribution in [3.05, 3.63) is 34.8 Å². The van der Waals surface area contributed by atoms with Crippen molar-refractivity contribution in [2.45, 2.75) is 89.5 Å². The van der Waals surface area contributed by atoms with Crippen molar-refractivity contribution in [2.75, 3.05) is 23.0 Å². The maximum absolute atomic E-state index is 12.0. The van der Waals surface area contributed by atoms with E-state index in [-0.39, 0.29) is 35.1 Å². The zero-order chi connectivity index (χ0) is 31.5. The molecule has 0 aromatic heterocycles. The lowest BCUT2D eigenvalue weighted by atomic mass is 9.82. The van der Waals surface area contributed by atoms with Gasteiger partial charge in [0.1, 0.15) is 59.5 Å². The molecular formula is C32H37BrN6O6. The summed E-state index contributed by atoms with van der Waals surface area (Å²) in [5.41, 5.74) is 6.55. The van der Waals surface area contributed by atoms with E-state index in [1.165, 1.54) is 12.8 Å². The highest BCUT2D eigenvalue weighted by Gasteiger charge is 2.39. The van der Waals surface area contributed by atoms with Crippen LogP contribution < -0.4 is 39.6 Å². The van der Waals surface area contributed by atoms with Gasteiger partial charge in [-0.2, -0.15) is 10.2 Å². The lowest BCUT2D eigenvalue weighted by Crippen LogP contribution is -2.55. The molecule has 4 heterocycles. The maximum Gasteiger partial charge on any atom is 0.262 e. The summed E-state index contributed by atoms with van der Waals surface area (Å²) in [5.74, 6) is 4.24. The minimum absolute atomic E-state index is 0.0639. The van der Waals surface area contributed by atoms with Crippen LogP contribution in [0.1, 0.15) is 66.2 Å². The van der Waals surface area contributed by atoms with E-state index in [0.717, 1.165) is 64.5 Å². The topological polar surface area (TPSA) is 126 Å². The quantitative estimate of drug-likeness (QED) is 0.470. The summed E-state index contributed by atoms with van der Waals surface area (Å²) in [6.07, 6.45) is 6.68. The van der Waals surface area contributed by atoms with E-state index in [4.69, 9.17) is 18.9 Å². The van der Waals surface area contributed by atoms with Crippen molar-refractivity contribution < 1.29 is 28.5 Å². The molecule has 2 fully saturated rings. The number of hydrazone groups is 2. The zero-order valence-electron chi connectivity index (χ0n) is 25.8. The Morgan fingerprint density at radius 1 is 0.800 bits per heavy atom. The summed E-state index contributed by atoms with van der Waals surface area (Å²) < 4.78 is 24.7. The van der Waals surface area contributed by atoms with Crippen LogP contribution in [0, 0.1) is 0 Å². The number of carbonyl (C=O) groups excluding carboxylic acids is 2. The molecule has 0 bridgehead atoms. The van der Waals surface area contributed by atoms with Gasteiger partial charge in [-0.1, -0.05) is 0 Å². The maximum atomic E-state index is 12.0. The molecule has 4 aliphatic heterocycles. The van der Waals surface area contributed by atoms with Crippen molar-refractivity contribution in [3.63, 3.8) is 0 Å². The smallest absolute Gasteiger partial charge is 0.262 e. The van der Waals surface area contributed by atoms with E-state index in [0.29, 0.717) is 24.9 Å². The number of benzene rings is 2. The summed E-state index contributed by atoms with van der Waals surface area (Å²) in [7, 11) is 0. The fourth-order valence-electron chi connectivity index (χ4n) is 6.28. The molecule has 2 saturated carbocycles. The second-order valence-corrected chi connectivity index (χ2v) is 13.7. The number of amides is 2. The van der Waals surface area contributed by atoms with Crippen LogP contribution in [0.4, 0.5) is 11.4 Å².